The Morgan fingerprint density at radius 3 is 2.63 bits per heavy atom. The summed E-state index contributed by atoms with van der Waals surface area (Å²) in [6.45, 7) is 4.00. The van der Waals surface area contributed by atoms with E-state index in [9.17, 15) is 9.59 Å². The van der Waals surface area contributed by atoms with Gasteiger partial charge in [0.25, 0.3) is 0 Å². The third kappa shape index (κ3) is 2.90. The van der Waals surface area contributed by atoms with E-state index in [2.05, 4.69) is 10.3 Å². The molecule has 1 amide bonds. The van der Waals surface area contributed by atoms with Gasteiger partial charge in [0, 0.05) is 13.1 Å². The number of carbonyl (C=O) groups excluding carboxylic acids is 1. The van der Waals surface area contributed by atoms with Crippen LogP contribution in [0.1, 0.15) is 23.1 Å². The lowest BCUT2D eigenvalue weighted by atomic mass is 10.2. The molecule has 0 atom stereocenters. The van der Waals surface area contributed by atoms with E-state index in [1.54, 1.807) is 11.8 Å². The highest BCUT2D eigenvalue weighted by Gasteiger charge is 2.22. The van der Waals surface area contributed by atoms with Gasteiger partial charge in [-0.3, -0.25) is 4.79 Å². The van der Waals surface area contributed by atoms with Crippen molar-refractivity contribution in [2.24, 2.45) is 0 Å². The molecule has 1 aliphatic heterocycles. The van der Waals surface area contributed by atoms with Crippen molar-refractivity contribution >= 4 is 11.9 Å². The Morgan fingerprint density at radius 1 is 1.37 bits per heavy atom. The molecule has 0 radical (unpaired) electrons. The summed E-state index contributed by atoms with van der Waals surface area (Å²) in [7, 11) is 0. The number of carbonyl (C=O) groups is 2. The summed E-state index contributed by atoms with van der Waals surface area (Å²) in [5.74, 6) is -1.22. The van der Waals surface area contributed by atoms with Gasteiger partial charge in [0.1, 0.15) is 6.54 Å². The summed E-state index contributed by atoms with van der Waals surface area (Å²) in [5.41, 5.74) is 0.381. The Kier molecular flexibility index (Phi) is 4.10. The maximum atomic E-state index is 12.0. The first-order valence-electron chi connectivity index (χ1n) is 6.14. The molecular weight excluding hydrogens is 252 g/mol. The maximum Gasteiger partial charge on any atom is 0.358 e. The van der Waals surface area contributed by atoms with Crippen LogP contribution in [0, 0.1) is 0 Å². The topological polar surface area (TPSA) is 97.5 Å². The van der Waals surface area contributed by atoms with Gasteiger partial charge in [-0.15, -0.1) is 5.10 Å². The van der Waals surface area contributed by atoms with Gasteiger partial charge >= 0.3 is 5.97 Å². The molecule has 8 nitrogen and oxygen atoms in total. The number of nitrogens with zero attached hydrogens (tertiary/aromatic N) is 4. The number of ether oxygens (including phenoxy) is 1. The van der Waals surface area contributed by atoms with Gasteiger partial charge in [-0.1, -0.05) is 12.1 Å². The first-order valence-corrected chi connectivity index (χ1v) is 6.14. The molecule has 0 aromatic carbocycles. The van der Waals surface area contributed by atoms with E-state index in [1.165, 1.54) is 4.68 Å². The van der Waals surface area contributed by atoms with E-state index in [4.69, 9.17) is 9.84 Å². The standard InChI is InChI=1S/C11H16N4O4/c1-2-8-10(11(17)18)12-13-15(8)7-9(16)14-3-5-19-6-4-14/h2-7H2,1H3,(H,17,18). The molecule has 1 fully saturated rings. The Hall–Kier alpha value is -1.96. The van der Waals surface area contributed by atoms with Gasteiger partial charge in [0.15, 0.2) is 5.69 Å². The number of hydrogen-bond donors (Lipinski definition) is 1. The Labute approximate surface area is 109 Å². The van der Waals surface area contributed by atoms with Crippen molar-refractivity contribution in [3.05, 3.63) is 11.4 Å². The lowest BCUT2D eigenvalue weighted by molar-refractivity contribution is -0.136. The van der Waals surface area contributed by atoms with Gasteiger partial charge in [-0.25, -0.2) is 9.48 Å². The largest absolute Gasteiger partial charge is 0.476 e. The summed E-state index contributed by atoms with van der Waals surface area (Å²) < 4.78 is 6.54. The van der Waals surface area contributed by atoms with Crippen molar-refractivity contribution in [3.63, 3.8) is 0 Å². The molecule has 1 aliphatic rings. The molecule has 2 heterocycles. The predicted molar refractivity (Wildman–Crippen MR) is 63.8 cm³/mol. The second-order valence-corrected chi connectivity index (χ2v) is 4.19. The molecule has 1 aromatic rings. The average Bonchev–Trinajstić information content (AvgIpc) is 2.82. The molecule has 0 spiro atoms. The summed E-state index contributed by atoms with van der Waals surface area (Å²) >= 11 is 0. The zero-order chi connectivity index (χ0) is 13.8. The fourth-order valence-corrected chi connectivity index (χ4v) is 2.02. The van der Waals surface area contributed by atoms with Crippen LogP contribution in [0.5, 0.6) is 0 Å². The zero-order valence-corrected chi connectivity index (χ0v) is 10.7. The van der Waals surface area contributed by atoms with Crippen molar-refractivity contribution in [2.45, 2.75) is 19.9 Å². The number of hydrogen-bond acceptors (Lipinski definition) is 5. The first kappa shape index (κ1) is 13.5. The van der Waals surface area contributed by atoms with Gasteiger partial charge in [-0.2, -0.15) is 0 Å². The third-order valence-electron chi connectivity index (χ3n) is 3.02. The average molecular weight is 268 g/mol. The fourth-order valence-electron chi connectivity index (χ4n) is 2.02. The number of aromatic nitrogens is 3. The summed E-state index contributed by atoms with van der Waals surface area (Å²) in [6.07, 6.45) is 0.463. The lowest BCUT2D eigenvalue weighted by Crippen LogP contribution is -2.42. The normalized spacial score (nSPS) is 15.5. The van der Waals surface area contributed by atoms with Crippen molar-refractivity contribution < 1.29 is 19.4 Å². The summed E-state index contributed by atoms with van der Waals surface area (Å²) in [6, 6.07) is 0. The van der Waals surface area contributed by atoms with Gasteiger partial charge in [0.2, 0.25) is 5.91 Å². The fraction of sp³-hybridized carbons (Fsp3) is 0.636. The maximum absolute atomic E-state index is 12.0. The van der Waals surface area contributed by atoms with Crippen LogP contribution in [-0.2, 0) is 22.5 Å². The number of aromatic carboxylic acids is 1. The first-order chi connectivity index (χ1) is 9.13. The molecule has 2 rings (SSSR count). The number of carboxylic acid groups (broad SMARTS) is 1. The Bertz CT molecular complexity index is 479. The van der Waals surface area contributed by atoms with E-state index in [-0.39, 0.29) is 18.1 Å². The molecule has 0 saturated carbocycles. The smallest absolute Gasteiger partial charge is 0.358 e. The Balaban J connectivity index is 2.10. The molecule has 0 bridgehead atoms. The van der Waals surface area contributed by atoms with E-state index >= 15 is 0 Å². The second kappa shape index (κ2) is 5.79. The van der Waals surface area contributed by atoms with Crippen molar-refractivity contribution in [1.29, 1.82) is 0 Å². The van der Waals surface area contributed by atoms with E-state index < -0.39 is 5.97 Å². The van der Waals surface area contributed by atoms with E-state index in [0.717, 1.165) is 0 Å². The highest BCUT2D eigenvalue weighted by atomic mass is 16.5. The SMILES string of the molecule is CCc1c(C(=O)O)nnn1CC(=O)N1CCOCC1. The predicted octanol–water partition coefficient (Wildman–Crippen LogP) is -0.602. The number of morpholine rings is 1. The minimum atomic E-state index is -1.12. The minimum Gasteiger partial charge on any atom is -0.476 e. The molecule has 1 saturated heterocycles. The van der Waals surface area contributed by atoms with Crippen LogP contribution in [0.4, 0.5) is 0 Å². The monoisotopic (exact) mass is 268 g/mol. The number of rotatable bonds is 4. The lowest BCUT2D eigenvalue weighted by Gasteiger charge is -2.26. The van der Waals surface area contributed by atoms with Crippen molar-refractivity contribution in [3.8, 4) is 0 Å². The Morgan fingerprint density at radius 2 is 2.05 bits per heavy atom. The summed E-state index contributed by atoms with van der Waals surface area (Å²) in [4.78, 5) is 24.7. The molecule has 19 heavy (non-hydrogen) atoms. The molecule has 0 unspecified atom stereocenters. The highest BCUT2D eigenvalue weighted by molar-refractivity contribution is 5.86. The van der Waals surface area contributed by atoms with Crippen molar-refractivity contribution in [1.82, 2.24) is 19.9 Å². The van der Waals surface area contributed by atoms with Crippen LogP contribution in [0.25, 0.3) is 0 Å². The van der Waals surface area contributed by atoms with E-state index in [0.29, 0.717) is 38.4 Å². The van der Waals surface area contributed by atoms with Crippen LogP contribution in [0.3, 0.4) is 0 Å². The molecule has 104 valence electrons. The summed E-state index contributed by atoms with van der Waals surface area (Å²) in [5, 5.41) is 16.3. The van der Waals surface area contributed by atoms with Crippen LogP contribution in [0.2, 0.25) is 0 Å². The van der Waals surface area contributed by atoms with E-state index in [1.807, 2.05) is 0 Å². The molecule has 8 heteroatoms. The number of amides is 1. The van der Waals surface area contributed by atoms with Gasteiger partial charge in [0.05, 0.1) is 18.9 Å². The van der Waals surface area contributed by atoms with Crippen LogP contribution >= 0.6 is 0 Å². The second-order valence-electron chi connectivity index (χ2n) is 4.19. The minimum absolute atomic E-state index is 0.0173. The van der Waals surface area contributed by atoms with Crippen LogP contribution in [-0.4, -0.2) is 63.2 Å². The molecule has 1 aromatic heterocycles. The molecule has 0 aliphatic carbocycles. The zero-order valence-electron chi connectivity index (χ0n) is 10.7. The number of carboxylic acids is 1. The van der Waals surface area contributed by atoms with Gasteiger partial charge in [-0.05, 0) is 6.42 Å². The van der Waals surface area contributed by atoms with Crippen LogP contribution in [0.15, 0.2) is 0 Å². The third-order valence-corrected chi connectivity index (χ3v) is 3.02. The van der Waals surface area contributed by atoms with Crippen LogP contribution < -0.4 is 0 Å². The molecular formula is C11H16N4O4. The van der Waals surface area contributed by atoms with Gasteiger partial charge < -0.3 is 14.7 Å². The highest BCUT2D eigenvalue weighted by Crippen LogP contribution is 2.08. The quantitative estimate of drug-likeness (QED) is 0.783. The van der Waals surface area contributed by atoms with Crippen molar-refractivity contribution in [2.75, 3.05) is 26.3 Å². The molecule has 1 N–H and O–H groups in total.